The van der Waals surface area contributed by atoms with Crippen molar-refractivity contribution in [2.75, 3.05) is 17.7 Å². The summed E-state index contributed by atoms with van der Waals surface area (Å²) in [6.07, 6.45) is 2.31. The van der Waals surface area contributed by atoms with Crippen LogP contribution in [0.3, 0.4) is 0 Å². The van der Waals surface area contributed by atoms with E-state index in [2.05, 4.69) is 30.8 Å². The van der Waals surface area contributed by atoms with Crippen LogP contribution in [-0.4, -0.2) is 33.2 Å². The number of nitrogens with zero attached hydrogens (tertiary/aromatic N) is 3. The summed E-state index contributed by atoms with van der Waals surface area (Å²) in [7, 11) is 1.56. The molecule has 0 unspecified atom stereocenters. The van der Waals surface area contributed by atoms with E-state index in [4.69, 9.17) is 4.74 Å². The summed E-state index contributed by atoms with van der Waals surface area (Å²) in [5, 5.41) is 14.4. The Bertz CT molecular complexity index is 1420. The molecule has 2 aliphatic rings. The van der Waals surface area contributed by atoms with Crippen molar-refractivity contribution in [2.45, 2.75) is 24.7 Å². The summed E-state index contributed by atoms with van der Waals surface area (Å²) >= 11 is 0. The molecule has 8 nitrogen and oxygen atoms in total. The van der Waals surface area contributed by atoms with Gasteiger partial charge in [-0.05, 0) is 48.7 Å². The summed E-state index contributed by atoms with van der Waals surface area (Å²) in [6, 6.07) is 10.5. The smallest absolute Gasteiger partial charge is 0.235 e. The number of methoxy groups -OCH3 is 1. The second-order valence-electron chi connectivity index (χ2n) is 8.21. The predicted octanol–water partition coefficient (Wildman–Crippen LogP) is 3.93. The van der Waals surface area contributed by atoms with Crippen molar-refractivity contribution in [2.24, 2.45) is 0 Å². The molecule has 3 N–H and O–H groups in total. The third-order valence-electron chi connectivity index (χ3n) is 6.40. The van der Waals surface area contributed by atoms with Crippen molar-refractivity contribution in [1.82, 2.24) is 20.2 Å². The zero-order valence-corrected chi connectivity index (χ0v) is 17.4. The maximum atomic E-state index is 13.6. The average molecular weight is 430 g/mol. The van der Waals surface area contributed by atoms with Crippen LogP contribution in [0.2, 0.25) is 0 Å². The van der Waals surface area contributed by atoms with Crippen LogP contribution in [-0.2, 0) is 10.2 Å². The first-order valence-corrected chi connectivity index (χ1v) is 10.2. The summed E-state index contributed by atoms with van der Waals surface area (Å²) in [5.74, 6) is 1.89. The molecule has 1 spiro atoms. The Kier molecular flexibility index (Phi) is 3.80. The van der Waals surface area contributed by atoms with Crippen LogP contribution in [0.25, 0.3) is 10.9 Å². The van der Waals surface area contributed by atoms with E-state index < -0.39 is 5.41 Å². The van der Waals surface area contributed by atoms with Crippen molar-refractivity contribution in [3.05, 3.63) is 65.4 Å². The molecule has 1 saturated carbocycles. The number of fused-ring (bicyclic) bond motifs is 3. The summed E-state index contributed by atoms with van der Waals surface area (Å²) in [5.41, 5.74) is 2.70. The Balaban J connectivity index is 1.33. The molecule has 1 amide bonds. The maximum Gasteiger partial charge on any atom is 0.235 e. The number of H-pyrrole nitrogens is 1. The van der Waals surface area contributed by atoms with Gasteiger partial charge >= 0.3 is 0 Å². The molecule has 160 valence electrons. The lowest BCUT2D eigenvalue weighted by Gasteiger charge is -2.10. The number of carbonyl (C=O) groups excluding carboxylic acids is 1. The predicted molar refractivity (Wildman–Crippen MR) is 117 cm³/mol. The zero-order chi connectivity index (χ0) is 22.0. The van der Waals surface area contributed by atoms with Gasteiger partial charge in [-0.1, -0.05) is 12.1 Å². The van der Waals surface area contributed by atoms with Crippen LogP contribution in [0.4, 0.5) is 21.7 Å². The number of aryl methyl sites for hydroxylation is 1. The summed E-state index contributed by atoms with van der Waals surface area (Å²) in [4.78, 5) is 21.3. The van der Waals surface area contributed by atoms with Gasteiger partial charge in [0.1, 0.15) is 11.6 Å². The molecular formula is C23H19FN6O2. The van der Waals surface area contributed by atoms with Crippen LogP contribution < -0.4 is 15.4 Å². The molecule has 9 heteroatoms. The Morgan fingerprint density at radius 1 is 1.22 bits per heavy atom. The lowest BCUT2D eigenvalue weighted by atomic mass is 9.92. The van der Waals surface area contributed by atoms with Gasteiger partial charge in [-0.15, -0.1) is 0 Å². The minimum absolute atomic E-state index is 0.0305. The van der Waals surface area contributed by atoms with E-state index in [1.54, 1.807) is 26.3 Å². The largest absolute Gasteiger partial charge is 0.491 e. The highest BCUT2D eigenvalue weighted by Crippen LogP contribution is 2.65. The molecule has 0 saturated heterocycles. The molecule has 2 aromatic carbocycles. The summed E-state index contributed by atoms with van der Waals surface area (Å²) in [6.45, 7) is 1.80. The minimum Gasteiger partial charge on any atom is -0.491 e. The fourth-order valence-electron chi connectivity index (χ4n) is 4.74. The molecule has 6 rings (SSSR count). The van der Waals surface area contributed by atoms with E-state index in [0.717, 1.165) is 22.0 Å². The second kappa shape index (κ2) is 6.49. The third kappa shape index (κ3) is 2.60. The molecule has 1 aliphatic carbocycles. The standard InChI is InChI=1S/C23H19FN6O2/c1-11-25-10-19(32-2)21(26-11)28-20-14-5-3-12(7-17(14)29-30-20)16-9-23(16)15-6-4-13(24)8-18(15)27-22(23)31/h3-8,10,16H,9H2,1-2H3,(H,27,31)(H2,25,26,28,29,30)/t16-,23-/m0/s1. The van der Waals surface area contributed by atoms with Gasteiger partial charge in [0.05, 0.1) is 24.2 Å². The number of aromatic nitrogens is 4. The molecule has 3 heterocycles. The first-order chi connectivity index (χ1) is 15.5. The molecule has 2 atom stereocenters. The van der Waals surface area contributed by atoms with Crippen molar-refractivity contribution in [1.29, 1.82) is 0 Å². The summed E-state index contributed by atoms with van der Waals surface area (Å²) < 4.78 is 18.9. The number of ether oxygens (including phenoxy) is 1. The number of amides is 1. The molecule has 0 bridgehead atoms. The van der Waals surface area contributed by atoms with E-state index in [0.29, 0.717) is 35.3 Å². The molecular weight excluding hydrogens is 411 g/mol. The van der Waals surface area contributed by atoms with Gasteiger partial charge in [0.25, 0.3) is 0 Å². The maximum absolute atomic E-state index is 13.6. The van der Waals surface area contributed by atoms with Gasteiger partial charge in [0.2, 0.25) is 5.91 Å². The quantitative estimate of drug-likeness (QED) is 0.453. The number of carbonyl (C=O) groups is 1. The fourth-order valence-corrected chi connectivity index (χ4v) is 4.74. The Hall–Kier alpha value is -4.01. The number of hydrogen-bond acceptors (Lipinski definition) is 6. The number of rotatable bonds is 4. The van der Waals surface area contributed by atoms with Gasteiger partial charge in [0.15, 0.2) is 17.4 Å². The van der Waals surface area contributed by atoms with Crippen molar-refractivity contribution >= 4 is 34.1 Å². The normalized spacial score (nSPS) is 21.0. The Labute approximate surface area is 182 Å². The fraction of sp³-hybridized carbons (Fsp3) is 0.217. The van der Waals surface area contributed by atoms with Crippen molar-refractivity contribution in [3.63, 3.8) is 0 Å². The zero-order valence-electron chi connectivity index (χ0n) is 17.4. The van der Waals surface area contributed by atoms with Crippen LogP contribution in [0.5, 0.6) is 5.75 Å². The Morgan fingerprint density at radius 2 is 2.09 bits per heavy atom. The van der Waals surface area contributed by atoms with Crippen molar-refractivity contribution < 1.29 is 13.9 Å². The molecule has 0 radical (unpaired) electrons. The third-order valence-corrected chi connectivity index (χ3v) is 6.40. The van der Waals surface area contributed by atoms with E-state index in [1.165, 1.54) is 12.1 Å². The number of halogens is 1. The molecule has 4 aromatic rings. The highest BCUT2D eigenvalue weighted by atomic mass is 19.1. The highest BCUT2D eigenvalue weighted by Gasteiger charge is 2.65. The monoisotopic (exact) mass is 430 g/mol. The van der Waals surface area contributed by atoms with Crippen LogP contribution >= 0.6 is 0 Å². The molecule has 32 heavy (non-hydrogen) atoms. The minimum atomic E-state index is -0.621. The van der Waals surface area contributed by atoms with Gasteiger partial charge in [-0.3, -0.25) is 9.89 Å². The SMILES string of the molecule is COc1cnc(C)nc1Nc1n[nH]c2cc([C@@H]3C[C@@]34C(=O)Nc3cc(F)ccc34)ccc12. The van der Waals surface area contributed by atoms with E-state index in [9.17, 15) is 9.18 Å². The number of nitrogens with one attached hydrogen (secondary N) is 3. The first-order valence-electron chi connectivity index (χ1n) is 10.2. The number of anilines is 3. The van der Waals surface area contributed by atoms with Gasteiger partial charge in [-0.25, -0.2) is 14.4 Å². The number of hydrogen-bond donors (Lipinski definition) is 3. The first kappa shape index (κ1) is 18.7. The van der Waals surface area contributed by atoms with Crippen molar-refractivity contribution in [3.8, 4) is 5.75 Å². The van der Waals surface area contributed by atoms with Gasteiger partial charge < -0.3 is 15.4 Å². The lowest BCUT2D eigenvalue weighted by molar-refractivity contribution is -0.118. The van der Waals surface area contributed by atoms with E-state index >= 15 is 0 Å². The molecule has 2 aromatic heterocycles. The van der Waals surface area contributed by atoms with E-state index in [1.807, 2.05) is 18.2 Å². The van der Waals surface area contributed by atoms with E-state index in [-0.39, 0.29) is 17.6 Å². The number of benzene rings is 2. The van der Waals surface area contributed by atoms with Gasteiger partial charge in [-0.2, -0.15) is 5.10 Å². The number of aromatic amines is 1. The highest BCUT2D eigenvalue weighted by molar-refractivity contribution is 6.10. The topological polar surface area (TPSA) is 105 Å². The average Bonchev–Trinajstić information content (AvgIpc) is 3.32. The molecule has 1 fully saturated rings. The van der Waals surface area contributed by atoms with Crippen LogP contribution in [0, 0.1) is 12.7 Å². The van der Waals surface area contributed by atoms with Crippen LogP contribution in [0.1, 0.15) is 29.3 Å². The Morgan fingerprint density at radius 3 is 2.94 bits per heavy atom. The molecule has 1 aliphatic heterocycles. The lowest BCUT2D eigenvalue weighted by Crippen LogP contribution is -2.20. The van der Waals surface area contributed by atoms with Gasteiger partial charge in [0, 0.05) is 17.0 Å². The van der Waals surface area contributed by atoms with Crippen LogP contribution in [0.15, 0.2) is 42.6 Å². The second-order valence-corrected chi connectivity index (χ2v) is 8.21.